The van der Waals surface area contributed by atoms with Crippen LogP contribution in [0, 0.1) is 6.92 Å². The molecule has 0 saturated carbocycles. The van der Waals surface area contributed by atoms with Crippen LogP contribution in [-0.2, 0) is 0 Å². The van der Waals surface area contributed by atoms with Gasteiger partial charge in [-0.2, -0.15) is 0 Å². The van der Waals surface area contributed by atoms with Crippen LogP contribution in [0.1, 0.15) is 5.56 Å². The molecular formula is C12H9Cl2N. The van der Waals surface area contributed by atoms with E-state index in [2.05, 4.69) is 4.98 Å². The largest absolute Gasteiger partial charge is 0.253 e. The molecule has 0 unspecified atom stereocenters. The van der Waals surface area contributed by atoms with Crippen LogP contribution < -0.4 is 0 Å². The van der Waals surface area contributed by atoms with Gasteiger partial charge in [-0.1, -0.05) is 53.0 Å². The molecule has 0 aliphatic heterocycles. The van der Waals surface area contributed by atoms with Crippen molar-refractivity contribution in [2.75, 3.05) is 0 Å². The van der Waals surface area contributed by atoms with E-state index in [1.165, 1.54) is 5.56 Å². The molecule has 0 fully saturated rings. The van der Waals surface area contributed by atoms with Gasteiger partial charge in [0, 0.05) is 11.8 Å². The van der Waals surface area contributed by atoms with Crippen LogP contribution in [0.25, 0.3) is 11.3 Å². The molecule has 0 radical (unpaired) electrons. The number of pyridine rings is 1. The summed E-state index contributed by atoms with van der Waals surface area (Å²) in [6.45, 7) is 2.04. The van der Waals surface area contributed by atoms with Gasteiger partial charge in [0.05, 0.1) is 15.7 Å². The van der Waals surface area contributed by atoms with Crippen LogP contribution in [0.4, 0.5) is 0 Å². The summed E-state index contributed by atoms with van der Waals surface area (Å²) in [6.07, 6.45) is 1.60. The summed E-state index contributed by atoms with van der Waals surface area (Å²) in [5.41, 5.74) is 2.98. The van der Waals surface area contributed by atoms with Crippen LogP contribution in [0.3, 0.4) is 0 Å². The van der Waals surface area contributed by atoms with Gasteiger partial charge in [-0.15, -0.1) is 0 Å². The highest BCUT2D eigenvalue weighted by Gasteiger charge is 2.05. The Hall–Kier alpha value is -1.05. The molecule has 15 heavy (non-hydrogen) atoms. The molecule has 0 aliphatic rings. The second-order valence-electron chi connectivity index (χ2n) is 3.35. The van der Waals surface area contributed by atoms with Crippen molar-refractivity contribution >= 4 is 23.2 Å². The molecule has 2 rings (SSSR count). The maximum atomic E-state index is 6.06. The molecule has 0 bridgehead atoms. The van der Waals surface area contributed by atoms with Crippen molar-refractivity contribution in [1.29, 1.82) is 0 Å². The van der Waals surface area contributed by atoms with E-state index in [-0.39, 0.29) is 0 Å². The molecule has 0 saturated heterocycles. The molecule has 0 aliphatic carbocycles. The van der Waals surface area contributed by atoms with Crippen molar-refractivity contribution in [3.8, 4) is 11.3 Å². The molecule has 0 atom stereocenters. The second kappa shape index (κ2) is 4.21. The number of rotatable bonds is 1. The van der Waals surface area contributed by atoms with Crippen LogP contribution in [0.15, 0.2) is 36.5 Å². The predicted molar refractivity (Wildman–Crippen MR) is 64.4 cm³/mol. The maximum absolute atomic E-state index is 6.06. The Morgan fingerprint density at radius 2 is 1.73 bits per heavy atom. The second-order valence-corrected chi connectivity index (χ2v) is 4.19. The van der Waals surface area contributed by atoms with E-state index in [0.717, 1.165) is 11.3 Å². The van der Waals surface area contributed by atoms with Gasteiger partial charge in [-0.05, 0) is 13.0 Å². The zero-order valence-corrected chi connectivity index (χ0v) is 9.68. The Balaban J connectivity index is 2.49. The molecule has 0 N–H and O–H groups in total. The number of hydrogen-bond acceptors (Lipinski definition) is 1. The molecule has 0 amide bonds. The zero-order chi connectivity index (χ0) is 10.8. The predicted octanol–water partition coefficient (Wildman–Crippen LogP) is 4.36. The minimum Gasteiger partial charge on any atom is -0.253 e. The highest BCUT2D eigenvalue weighted by molar-refractivity contribution is 6.36. The molecule has 1 nitrogen and oxygen atoms in total. The van der Waals surface area contributed by atoms with Gasteiger partial charge in [-0.3, -0.25) is 4.98 Å². The average molecular weight is 238 g/mol. The fourth-order valence-electron chi connectivity index (χ4n) is 1.34. The quantitative estimate of drug-likeness (QED) is 0.719. The van der Waals surface area contributed by atoms with Crippen molar-refractivity contribution in [3.63, 3.8) is 0 Å². The SMILES string of the molecule is Cc1ccc(-c2ncc(Cl)cc2Cl)cc1. The number of aromatic nitrogens is 1. The third-order valence-corrected chi connectivity index (χ3v) is 2.63. The number of halogens is 2. The van der Waals surface area contributed by atoms with E-state index in [1.807, 2.05) is 31.2 Å². The summed E-state index contributed by atoms with van der Waals surface area (Å²) in [4.78, 5) is 4.21. The lowest BCUT2D eigenvalue weighted by molar-refractivity contribution is 1.32. The molecule has 1 aromatic carbocycles. The van der Waals surface area contributed by atoms with E-state index < -0.39 is 0 Å². The summed E-state index contributed by atoms with van der Waals surface area (Å²) in [5.74, 6) is 0. The number of aryl methyl sites for hydroxylation is 1. The number of hydrogen-bond donors (Lipinski definition) is 0. The topological polar surface area (TPSA) is 12.9 Å². The first-order chi connectivity index (χ1) is 7.16. The minimum absolute atomic E-state index is 0.552. The lowest BCUT2D eigenvalue weighted by atomic mass is 10.1. The average Bonchev–Trinajstić information content (AvgIpc) is 2.20. The Labute approximate surface area is 98.7 Å². The maximum Gasteiger partial charge on any atom is 0.0889 e. The molecule has 76 valence electrons. The normalized spacial score (nSPS) is 10.3. The van der Waals surface area contributed by atoms with Crippen LogP contribution in [-0.4, -0.2) is 4.98 Å². The van der Waals surface area contributed by atoms with Crippen molar-refractivity contribution in [3.05, 3.63) is 52.1 Å². The smallest absolute Gasteiger partial charge is 0.0889 e. The third-order valence-electron chi connectivity index (χ3n) is 2.13. The molecule has 1 heterocycles. The lowest BCUT2D eigenvalue weighted by Crippen LogP contribution is -1.85. The first kappa shape index (κ1) is 10.5. The van der Waals surface area contributed by atoms with Crippen molar-refractivity contribution in [1.82, 2.24) is 4.98 Å². The Morgan fingerprint density at radius 1 is 1.07 bits per heavy atom. The minimum atomic E-state index is 0.552. The molecule has 3 heteroatoms. The van der Waals surface area contributed by atoms with Gasteiger partial charge < -0.3 is 0 Å². The summed E-state index contributed by atoms with van der Waals surface area (Å²) in [7, 11) is 0. The van der Waals surface area contributed by atoms with Crippen molar-refractivity contribution < 1.29 is 0 Å². The Bertz CT molecular complexity index is 477. The lowest BCUT2D eigenvalue weighted by Gasteiger charge is -2.03. The van der Waals surface area contributed by atoms with Crippen LogP contribution >= 0.6 is 23.2 Å². The van der Waals surface area contributed by atoms with Gasteiger partial charge >= 0.3 is 0 Å². The standard InChI is InChI=1S/C12H9Cl2N/c1-8-2-4-9(5-3-8)12-11(14)6-10(13)7-15-12/h2-7H,1H3. The number of benzene rings is 1. The molecule has 2 aromatic rings. The van der Waals surface area contributed by atoms with E-state index in [0.29, 0.717) is 10.0 Å². The zero-order valence-electron chi connectivity index (χ0n) is 8.17. The highest BCUT2D eigenvalue weighted by atomic mass is 35.5. The van der Waals surface area contributed by atoms with Gasteiger partial charge in [0.25, 0.3) is 0 Å². The van der Waals surface area contributed by atoms with E-state index in [9.17, 15) is 0 Å². The highest BCUT2D eigenvalue weighted by Crippen LogP contribution is 2.27. The summed E-state index contributed by atoms with van der Waals surface area (Å²) in [6, 6.07) is 9.75. The fraction of sp³-hybridized carbons (Fsp3) is 0.0833. The van der Waals surface area contributed by atoms with Crippen molar-refractivity contribution in [2.24, 2.45) is 0 Å². The first-order valence-electron chi connectivity index (χ1n) is 4.55. The van der Waals surface area contributed by atoms with Crippen molar-refractivity contribution in [2.45, 2.75) is 6.92 Å². The van der Waals surface area contributed by atoms with Gasteiger partial charge in [-0.25, -0.2) is 0 Å². The number of nitrogens with zero attached hydrogens (tertiary/aromatic N) is 1. The van der Waals surface area contributed by atoms with E-state index in [4.69, 9.17) is 23.2 Å². The summed E-state index contributed by atoms with van der Waals surface area (Å²) in [5, 5.41) is 1.13. The van der Waals surface area contributed by atoms with Crippen LogP contribution in [0.2, 0.25) is 10.0 Å². The molecule has 1 aromatic heterocycles. The molecule has 0 spiro atoms. The van der Waals surface area contributed by atoms with Gasteiger partial charge in [0.15, 0.2) is 0 Å². The van der Waals surface area contributed by atoms with Gasteiger partial charge in [0.1, 0.15) is 0 Å². The first-order valence-corrected chi connectivity index (χ1v) is 5.30. The Morgan fingerprint density at radius 3 is 2.33 bits per heavy atom. The van der Waals surface area contributed by atoms with E-state index in [1.54, 1.807) is 12.3 Å². The van der Waals surface area contributed by atoms with E-state index >= 15 is 0 Å². The van der Waals surface area contributed by atoms with Gasteiger partial charge in [0.2, 0.25) is 0 Å². The summed E-state index contributed by atoms with van der Waals surface area (Å²) >= 11 is 11.8. The Kier molecular flexibility index (Phi) is 2.94. The third kappa shape index (κ3) is 2.31. The fourth-order valence-corrected chi connectivity index (χ4v) is 1.83. The summed E-state index contributed by atoms with van der Waals surface area (Å²) < 4.78 is 0. The van der Waals surface area contributed by atoms with Crippen LogP contribution in [0.5, 0.6) is 0 Å². The molecular weight excluding hydrogens is 229 g/mol. The monoisotopic (exact) mass is 237 g/mol.